The van der Waals surface area contributed by atoms with Crippen LogP contribution in [0.4, 0.5) is 5.69 Å². The Bertz CT molecular complexity index is 321. The first-order chi connectivity index (χ1) is 7.26. The summed E-state index contributed by atoms with van der Waals surface area (Å²) in [4.78, 5) is 0. The molecule has 0 bridgehead atoms. The van der Waals surface area contributed by atoms with Crippen LogP contribution in [0.1, 0.15) is 25.8 Å². The van der Waals surface area contributed by atoms with Gasteiger partial charge in [-0.3, -0.25) is 0 Å². The molecular formula is C13H18N2. The maximum atomic E-state index is 8.53. The third-order valence-corrected chi connectivity index (χ3v) is 2.59. The summed E-state index contributed by atoms with van der Waals surface area (Å²) in [5, 5.41) is 11.9. The molecule has 1 aromatic carbocycles. The van der Waals surface area contributed by atoms with Gasteiger partial charge in [-0.1, -0.05) is 32.4 Å². The van der Waals surface area contributed by atoms with Gasteiger partial charge in [0.05, 0.1) is 12.5 Å². The molecule has 0 aliphatic heterocycles. The van der Waals surface area contributed by atoms with Crippen molar-refractivity contribution in [1.29, 1.82) is 5.26 Å². The molecule has 0 heterocycles. The van der Waals surface area contributed by atoms with Crippen LogP contribution in [-0.2, 0) is 6.42 Å². The maximum absolute atomic E-state index is 8.53. The molecule has 1 rings (SSSR count). The molecule has 0 amide bonds. The number of hydrogen-bond acceptors (Lipinski definition) is 2. The summed E-state index contributed by atoms with van der Waals surface area (Å²) in [7, 11) is 0. The minimum Gasteiger partial charge on any atom is -0.385 e. The number of nitriles is 1. The summed E-state index contributed by atoms with van der Waals surface area (Å²) >= 11 is 0. The lowest BCUT2D eigenvalue weighted by molar-refractivity contribution is 0.593. The average molecular weight is 202 g/mol. The second kappa shape index (κ2) is 6.08. The van der Waals surface area contributed by atoms with Gasteiger partial charge in [0.2, 0.25) is 0 Å². The topological polar surface area (TPSA) is 35.8 Å². The van der Waals surface area contributed by atoms with E-state index in [9.17, 15) is 0 Å². The van der Waals surface area contributed by atoms with E-state index in [1.807, 2.05) is 24.3 Å². The van der Waals surface area contributed by atoms with Gasteiger partial charge in [-0.05, 0) is 23.6 Å². The van der Waals surface area contributed by atoms with E-state index in [4.69, 9.17) is 5.26 Å². The molecule has 0 saturated heterocycles. The fraction of sp³-hybridized carbons (Fsp3) is 0.462. The lowest BCUT2D eigenvalue weighted by Crippen LogP contribution is -2.09. The van der Waals surface area contributed by atoms with Gasteiger partial charge in [0.1, 0.15) is 0 Å². The van der Waals surface area contributed by atoms with Crippen molar-refractivity contribution in [2.24, 2.45) is 5.92 Å². The Hall–Kier alpha value is -1.49. The predicted molar refractivity (Wildman–Crippen MR) is 63.7 cm³/mol. The van der Waals surface area contributed by atoms with Crippen LogP contribution in [0.3, 0.4) is 0 Å². The zero-order valence-electron chi connectivity index (χ0n) is 9.46. The van der Waals surface area contributed by atoms with Gasteiger partial charge in [-0.2, -0.15) is 5.26 Å². The van der Waals surface area contributed by atoms with Crippen LogP contribution in [0, 0.1) is 17.2 Å². The molecule has 0 aliphatic rings. The van der Waals surface area contributed by atoms with Crippen LogP contribution in [0.25, 0.3) is 0 Å². The number of nitrogens with zero attached hydrogens (tertiary/aromatic N) is 1. The van der Waals surface area contributed by atoms with Crippen LogP contribution < -0.4 is 5.32 Å². The van der Waals surface area contributed by atoms with Gasteiger partial charge in [-0.15, -0.1) is 0 Å². The van der Waals surface area contributed by atoms with Crippen molar-refractivity contribution in [3.8, 4) is 6.07 Å². The van der Waals surface area contributed by atoms with Crippen molar-refractivity contribution in [3.63, 3.8) is 0 Å². The second-order valence-electron chi connectivity index (χ2n) is 3.93. The molecule has 1 aromatic rings. The monoisotopic (exact) mass is 202 g/mol. The molecule has 80 valence electrons. The van der Waals surface area contributed by atoms with Crippen LogP contribution >= 0.6 is 0 Å². The van der Waals surface area contributed by atoms with Crippen molar-refractivity contribution in [3.05, 3.63) is 29.8 Å². The van der Waals surface area contributed by atoms with Crippen molar-refractivity contribution >= 4 is 5.69 Å². The molecule has 1 N–H and O–H groups in total. The molecular weight excluding hydrogens is 184 g/mol. The minimum atomic E-state index is 0.492. The number of rotatable bonds is 5. The predicted octanol–water partition coefficient (Wildman–Crippen LogP) is 3.21. The minimum absolute atomic E-state index is 0.492. The summed E-state index contributed by atoms with van der Waals surface area (Å²) in [5.74, 6) is 0.698. The summed E-state index contributed by atoms with van der Waals surface area (Å²) in [5.41, 5.74) is 2.21. The highest BCUT2D eigenvalue weighted by molar-refractivity contribution is 5.44. The van der Waals surface area contributed by atoms with Gasteiger partial charge in [0, 0.05) is 12.2 Å². The fourth-order valence-electron chi connectivity index (χ4n) is 1.27. The fourth-order valence-corrected chi connectivity index (χ4v) is 1.27. The van der Waals surface area contributed by atoms with E-state index in [0.717, 1.165) is 17.8 Å². The molecule has 0 saturated carbocycles. The third kappa shape index (κ3) is 4.03. The molecule has 0 fully saturated rings. The quantitative estimate of drug-likeness (QED) is 0.795. The van der Waals surface area contributed by atoms with E-state index in [0.29, 0.717) is 12.3 Å². The largest absolute Gasteiger partial charge is 0.385 e. The number of nitrogens with one attached hydrogen (secondary N) is 1. The number of anilines is 1. The summed E-state index contributed by atoms with van der Waals surface area (Å²) < 4.78 is 0. The smallest absolute Gasteiger partial charge is 0.0669 e. The SMILES string of the molecule is CC[C@@H](C)CNc1ccc(CC#N)cc1. The van der Waals surface area contributed by atoms with Gasteiger partial charge >= 0.3 is 0 Å². The van der Waals surface area contributed by atoms with Crippen molar-refractivity contribution in [2.45, 2.75) is 26.7 Å². The zero-order valence-corrected chi connectivity index (χ0v) is 9.46. The highest BCUT2D eigenvalue weighted by Gasteiger charge is 1.98. The highest BCUT2D eigenvalue weighted by atomic mass is 14.9. The molecule has 1 atom stereocenters. The standard InChI is InChI=1S/C13H18N2/c1-3-11(2)10-15-13-6-4-12(5-7-13)8-9-14/h4-7,11,15H,3,8,10H2,1-2H3/t11-/m1/s1. The van der Waals surface area contributed by atoms with E-state index in [-0.39, 0.29) is 0 Å². The number of hydrogen-bond donors (Lipinski definition) is 1. The lowest BCUT2D eigenvalue weighted by Gasteiger charge is -2.11. The first-order valence-corrected chi connectivity index (χ1v) is 5.46. The molecule has 0 spiro atoms. The highest BCUT2D eigenvalue weighted by Crippen LogP contribution is 2.11. The van der Waals surface area contributed by atoms with Gasteiger partial charge < -0.3 is 5.32 Å². The van der Waals surface area contributed by atoms with Crippen molar-refractivity contribution < 1.29 is 0 Å². The van der Waals surface area contributed by atoms with Crippen molar-refractivity contribution in [1.82, 2.24) is 0 Å². The Kier molecular flexibility index (Phi) is 4.70. The van der Waals surface area contributed by atoms with Gasteiger partial charge in [-0.25, -0.2) is 0 Å². The molecule has 0 radical (unpaired) electrons. The molecule has 0 aromatic heterocycles. The lowest BCUT2D eigenvalue weighted by atomic mass is 10.1. The average Bonchev–Trinajstić information content (AvgIpc) is 2.28. The second-order valence-corrected chi connectivity index (χ2v) is 3.93. The first-order valence-electron chi connectivity index (χ1n) is 5.46. The molecule has 2 nitrogen and oxygen atoms in total. The van der Waals surface area contributed by atoms with Crippen LogP contribution in [0.2, 0.25) is 0 Å². The molecule has 15 heavy (non-hydrogen) atoms. The van der Waals surface area contributed by atoms with Gasteiger partial charge in [0.15, 0.2) is 0 Å². The Morgan fingerprint density at radius 3 is 2.53 bits per heavy atom. The normalized spacial score (nSPS) is 11.8. The third-order valence-electron chi connectivity index (χ3n) is 2.59. The van der Waals surface area contributed by atoms with E-state index < -0.39 is 0 Å². The Morgan fingerprint density at radius 2 is 2.00 bits per heavy atom. The summed E-state index contributed by atoms with van der Waals surface area (Å²) in [6.45, 7) is 5.44. The van der Waals surface area contributed by atoms with E-state index in [1.165, 1.54) is 6.42 Å². The first kappa shape index (κ1) is 11.6. The molecule has 2 heteroatoms. The van der Waals surface area contributed by atoms with E-state index in [1.54, 1.807) is 0 Å². The van der Waals surface area contributed by atoms with E-state index >= 15 is 0 Å². The van der Waals surface area contributed by atoms with Crippen molar-refractivity contribution in [2.75, 3.05) is 11.9 Å². The summed E-state index contributed by atoms with van der Waals surface area (Å²) in [6.07, 6.45) is 1.69. The maximum Gasteiger partial charge on any atom is 0.0669 e. The molecule has 0 unspecified atom stereocenters. The number of benzene rings is 1. The Balaban J connectivity index is 2.46. The van der Waals surface area contributed by atoms with Gasteiger partial charge in [0.25, 0.3) is 0 Å². The Morgan fingerprint density at radius 1 is 1.33 bits per heavy atom. The summed E-state index contributed by atoms with van der Waals surface area (Å²) in [6, 6.07) is 10.2. The molecule has 0 aliphatic carbocycles. The van der Waals surface area contributed by atoms with E-state index in [2.05, 4.69) is 25.2 Å². The van der Waals surface area contributed by atoms with Crippen LogP contribution in [-0.4, -0.2) is 6.54 Å². The van der Waals surface area contributed by atoms with Crippen LogP contribution in [0.15, 0.2) is 24.3 Å². The zero-order chi connectivity index (χ0) is 11.1. The van der Waals surface area contributed by atoms with Crippen LogP contribution in [0.5, 0.6) is 0 Å². The Labute approximate surface area is 91.9 Å².